The topological polar surface area (TPSA) is 53.4 Å². The Morgan fingerprint density at radius 3 is 2.72 bits per heavy atom. The van der Waals surface area contributed by atoms with Crippen LogP contribution in [0, 0.1) is 13.8 Å². The summed E-state index contributed by atoms with van der Waals surface area (Å²) in [6, 6.07) is 0. The minimum atomic E-state index is -0.304. The van der Waals surface area contributed by atoms with Crippen LogP contribution in [0.3, 0.4) is 0 Å². The summed E-state index contributed by atoms with van der Waals surface area (Å²) in [5.74, 6) is -0.304. The monoisotopic (exact) mass is 252 g/mol. The predicted molar refractivity (Wildman–Crippen MR) is 66.5 cm³/mol. The van der Waals surface area contributed by atoms with E-state index in [2.05, 4.69) is 5.10 Å². The molecular formula is C13H20N2O3. The Kier molecular flexibility index (Phi) is 3.71. The third-order valence-electron chi connectivity index (χ3n) is 3.43. The second-order valence-electron chi connectivity index (χ2n) is 4.91. The summed E-state index contributed by atoms with van der Waals surface area (Å²) in [5.41, 5.74) is 2.11. The standard InChI is InChI=1S/C13H20N2O3/c1-8-5-6-11(18-8)7-17-13(16)12-9(2)14-15(4)10(12)3/h8,11H,5-7H2,1-4H3/t8-,11+/m1/s1. The molecule has 0 unspecified atom stereocenters. The summed E-state index contributed by atoms with van der Waals surface area (Å²) in [6.07, 6.45) is 2.31. The summed E-state index contributed by atoms with van der Waals surface area (Å²) < 4.78 is 12.6. The van der Waals surface area contributed by atoms with E-state index in [-0.39, 0.29) is 18.2 Å². The second kappa shape index (κ2) is 5.10. The van der Waals surface area contributed by atoms with Gasteiger partial charge in [-0.05, 0) is 33.6 Å². The molecule has 1 aromatic heterocycles. The van der Waals surface area contributed by atoms with Crippen molar-refractivity contribution in [1.29, 1.82) is 0 Å². The van der Waals surface area contributed by atoms with E-state index in [1.807, 2.05) is 27.8 Å². The molecule has 0 aromatic carbocycles. The lowest BCUT2D eigenvalue weighted by Crippen LogP contribution is -2.19. The highest BCUT2D eigenvalue weighted by molar-refractivity contribution is 5.91. The zero-order chi connectivity index (χ0) is 13.3. The van der Waals surface area contributed by atoms with Gasteiger partial charge >= 0.3 is 5.97 Å². The summed E-state index contributed by atoms with van der Waals surface area (Å²) >= 11 is 0. The van der Waals surface area contributed by atoms with E-state index in [4.69, 9.17) is 9.47 Å². The maximum absolute atomic E-state index is 12.0. The lowest BCUT2D eigenvalue weighted by Gasteiger charge is -2.11. The van der Waals surface area contributed by atoms with Crippen LogP contribution < -0.4 is 0 Å². The molecule has 0 radical (unpaired) electrons. The van der Waals surface area contributed by atoms with Gasteiger partial charge in [0.25, 0.3) is 0 Å². The Morgan fingerprint density at radius 2 is 2.22 bits per heavy atom. The average Bonchev–Trinajstić information content (AvgIpc) is 2.82. The van der Waals surface area contributed by atoms with Crippen molar-refractivity contribution >= 4 is 5.97 Å². The summed E-state index contributed by atoms with van der Waals surface area (Å²) in [6.45, 7) is 6.05. The van der Waals surface area contributed by atoms with Crippen molar-refractivity contribution in [2.24, 2.45) is 7.05 Å². The Labute approximate surface area is 107 Å². The Balaban J connectivity index is 1.95. The first kappa shape index (κ1) is 13.1. The molecular weight excluding hydrogens is 232 g/mol. The molecule has 5 heteroatoms. The van der Waals surface area contributed by atoms with Gasteiger partial charge in [0.1, 0.15) is 12.2 Å². The van der Waals surface area contributed by atoms with Gasteiger partial charge in [-0.1, -0.05) is 0 Å². The van der Waals surface area contributed by atoms with Crippen molar-refractivity contribution in [2.45, 2.75) is 45.8 Å². The lowest BCUT2D eigenvalue weighted by atomic mass is 10.2. The number of rotatable bonds is 3. The average molecular weight is 252 g/mol. The molecule has 0 saturated carbocycles. The second-order valence-corrected chi connectivity index (χ2v) is 4.91. The van der Waals surface area contributed by atoms with Crippen molar-refractivity contribution in [1.82, 2.24) is 9.78 Å². The molecule has 2 heterocycles. The van der Waals surface area contributed by atoms with E-state index >= 15 is 0 Å². The molecule has 0 bridgehead atoms. The molecule has 1 aliphatic rings. The minimum absolute atomic E-state index is 0.0428. The van der Waals surface area contributed by atoms with Crippen LogP contribution >= 0.6 is 0 Å². The van der Waals surface area contributed by atoms with Gasteiger partial charge in [-0.15, -0.1) is 0 Å². The maximum Gasteiger partial charge on any atom is 0.341 e. The Hall–Kier alpha value is -1.36. The fourth-order valence-electron chi connectivity index (χ4n) is 2.32. The number of hydrogen-bond donors (Lipinski definition) is 0. The first-order valence-electron chi connectivity index (χ1n) is 6.31. The van der Waals surface area contributed by atoms with Gasteiger partial charge in [-0.25, -0.2) is 4.79 Å². The quantitative estimate of drug-likeness (QED) is 0.769. The van der Waals surface area contributed by atoms with Crippen molar-refractivity contribution in [3.8, 4) is 0 Å². The zero-order valence-corrected chi connectivity index (χ0v) is 11.4. The lowest BCUT2D eigenvalue weighted by molar-refractivity contribution is -0.00275. The Morgan fingerprint density at radius 1 is 1.50 bits per heavy atom. The van der Waals surface area contributed by atoms with E-state index in [0.717, 1.165) is 18.5 Å². The Bertz CT molecular complexity index is 453. The van der Waals surface area contributed by atoms with E-state index in [9.17, 15) is 4.79 Å². The van der Waals surface area contributed by atoms with Gasteiger partial charge in [0.05, 0.1) is 17.9 Å². The molecule has 2 rings (SSSR count). The molecule has 1 saturated heterocycles. The number of carbonyl (C=O) groups is 1. The zero-order valence-electron chi connectivity index (χ0n) is 11.4. The van der Waals surface area contributed by atoms with Crippen LogP contribution in [-0.4, -0.2) is 34.6 Å². The number of hydrogen-bond acceptors (Lipinski definition) is 4. The SMILES string of the molecule is Cc1nn(C)c(C)c1C(=O)OC[C@@H]1CC[C@@H](C)O1. The molecule has 0 amide bonds. The maximum atomic E-state index is 12.0. The number of aryl methyl sites for hydroxylation is 2. The number of nitrogens with zero attached hydrogens (tertiary/aromatic N) is 2. The van der Waals surface area contributed by atoms with E-state index in [0.29, 0.717) is 17.9 Å². The fraction of sp³-hybridized carbons (Fsp3) is 0.692. The van der Waals surface area contributed by atoms with E-state index < -0.39 is 0 Å². The number of aromatic nitrogens is 2. The van der Waals surface area contributed by atoms with Crippen LogP contribution in [0.1, 0.15) is 41.5 Å². The summed E-state index contributed by atoms with van der Waals surface area (Å²) in [5, 5.41) is 4.21. The molecule has 0 N–H and O–H groups in total. The summed E-state index contributed by atoms with van der Waals surface area (Å²) in [7, 11) is 1.82. The number of esters is 1. The molecule has 1 fully saturated rings. The van der Waals surface area contributed by atoms with E-state index in [1.54, 1.807) is 4.68 Å². The molecule has 1 aromatic rings. The molecule has 2 atom stereocenters. The van der Waals surface area contributed by atoms with Crippen LogP contribution in [0.5, 0.6) is 0 Å². The van der Waals surface area contributed by atoms with Gasteiger partial charge in [-0.2, -0.15) is 5.10 Å². The van der Waals surface area contributed by atoms with Gasteiger partial charge in [-0.3, -0.25) is 4.68 Å². The fourth-order valence-corrected chi connectivity index (χ4v) is 2.32. The van der Waals surface area contributed by atoms with Gasteiger partial charge in [0, 0.05) is 12.7 Å². The number of ether oxygens (including phenoxy) is 2. The van der Waals surface area contributed by atoms with Crippen LogP contribution in [0.4, 0.5) is 0 Å². The molecule has 100 valence electrons. The number of carbonyl (C=O) groups excluding carboxylic acids is 1. The van der Waals surface area contributed by atoms with Crippen molar-refractivity contribution in [3.63, 3.8) is 0 Å². The molecule has 1 aliphatic heterocycles. The highest BCUT2D eigenvalue weighted by Crippen LogP contribution is 2.20. The van der Waals surface area contributed by atoms with Gasteiger partial charge in [0.2, 0.25) is 0 Å². The largest absolute Gasteiger partial charge is 0.459 e. The first-order chi connectivity index (χ1) is 8.49. The van der Waals surface area contributed by atoms with Crippen molar-refractivity contribution in [3.05, 3.63) is 17.0 Å². The molecule has 5 nitrogen and oxygen atoms in total. The predicted octanol–water partition coefficient (Wildman–Crippen LogP) is 1.76. The third-order valence-corrected chi connectivity index (χ3v) is 3.43. The summed E-state index contributed by atoms with van der Waals surface area (Å²) in [4.78, 5) is 12.0. The molecule has 18 heavy (non-hydrogen) atoms. The first-order valence-corrected chi connectivity index (χ1v) is 6.31. The van der Waals surface area contributed by atoms with Gasteiger partial charge < -0.3 is 9.47 Å². The smallest absolute Gasteiger partial charge is 0.341 e. The normalized spacial score (nSPS) is 23.3. The highest BCUT2D eigenvalue weighted by Gasteiger charge is 2.25. The van der Waals surface area contributed by atoms with Crippen LogP contribution in [-0.2, 0) is 16.5 Å². The molecule has 0 aliphatic carbocycles. The van der Waals surface area contributed by atoms with Gasteiger partial charge in [0.15, 0.2) is 0 Å². The van der Waals surface area contributed by atoms with Crippen LogP contribution in [0.25, 0.3) is 0 Å². The molecule has 0 spiro atoms. The highest BCUT2D eigenvalue weighted by atomic mass is 16.6. The van der Waals surface area contributed by atoms with E-state index in [1.165, 1.54) is 0 Å². The minimum Gasteiger partial charge on any atom is -0.459 e. The van der Waals surface area contributed by atoms with Crippen LogP contribution in [0.15, 0.2) is 0 Å². The van der Waals surface area contributed by atoms with Crippen LogP contribution in [0.2, 0.25) is 0 Å². The van der Waals surface area contributed by atoms with Crippen molar-refractivity contribution in [2.75, 3.05) is 6.61 Å². The van der Waals surface area contributed by atoms with Crippen molar-refractivity contribution < 1.29 is 14.3 Å². The third kappa shape index (κ3) is 2.56.